The molecule has 0 spiro atoms. The average Bonchev–Trinajstić information content (AvgIpc) is 2.59. The Hall–Kier alpha value is -1.48. The van der Waals surface area contributed by atoms with Gasteiger partial charge in [-0.25, -0.2) is 0 Å². The number of thiol groups is 1. The Balaban J connectivity index is 2.65. The predicted molar refractivity (Wildman–Crippen MR) is 61.7 cm³/mol. The first kappa shape index (κ1) is 9.09. The van der Waals surface area contributed by atoms with E-state index in [1.165, 1.54) is 0 Å². The van der Waals surface area contributed by atoms with Gasteiger partial charge in [0, 0.05) is 10.9 Å². The monoisotopic (exact) mass is 203 g/mol. The largest absolute Gasteiger partial charge is 0.351 e. The summed E-state index contributed by atoms with van der Waals surface area (Å²) in [6.07, 6.45) is 1.77. The Labute approximate surface area is 87.0 Å². The van der Waals surface area contributed by atoms with Crippen molar-refractivity contribution in [3.8, 4) is 0 Å². The van der Waals surface area contributed by atoms with Crippen LogP contribution in [0.1, 0.15) is 16.1 Å². The Morgan fingerprint density at radius 2 is 2.21 bits per heavy atom. The number of carbonyl (C=O) groups excluding carboxylic acids is 1. The molecule has 0 radical (unpaired) electrons. The van der Waals surface area contributed by atoms with Gasteiger partial charge in [-0.05, 0) is 23.8 Å². The van der Waals surface area contributed by atoms with E-state index in [1.807, 2.05) is 18.2 Å². The molecule has 0 aliphatic heterocycles. The van der Waals surface area contributed by atoms with Gasteiger partial charge in [0.25, 0.3) is 0 Å². The summed E-state index contributed by atoms with van der Waals surface area (Å²) in [5.41, 5.74) is 2.49. The van der Waals surface area contributed by atoms with Gasteiger partial charge in [-0.2, -0.15) is 0 Å². The van der Waals surface area contributed by atoms with E-state index in [4.69, 9.17) is 0 Å². The molecule has 1 N–H and O–H groups in total. The molecule has 0 fully saturated rings. The normalized spacial score (nSPS) is 10.4. The van der Waals surface area contributed by atoms with Crippen molar-refractivity contribution in [1.82, 2.24) is 4.98 Å². The minimum absolute atomic E-state index is 0.249. The molecule has 0 unspecified atom stereocenters. The third-order valence-corrected chi connectivity index (χ3v) is 2.35. The third-order valence-electron chi connectivity index (χ3n) is 2.11. The van der Waals surface area contributed by atoms with Crippen molar-refractivity contribution < 1.29 is 4.79 Å². The van der Waals surface area contributed by atoms with Gasteiger partial charge in [0.05, 0.1) is 5.69 Å². The summed E-state index contributed by atoms with van der Waals surface area (Å²) in [4.78, 5) is 14.0. The second-order valence-corrected chi connectivity index (χ2v) is 3.45. The lowest BCUT2D eigenvalue weighted by Gasteiger charge is -1.91. The zero-order valence-corrected chi connectivity index (χ0v) is 8.34. The zero-order chi connectivity index (χ0) is 10.1. The maximum Gasteiger partial charge on any atom is 0.232 e. The van der Waals surface area contributed by atoms with Crippen molar-refractivity contribution in [3.05, 3.63) is 42.1 Å². The second kappa shape index (κ2) is 3.35. The molecule has 14 heavy (non-hydrogen) atoms. The Bertz CT molecular complexity index is 513. The summed E-state index contributed by atoms with van der Waals surface area (Å²) in [6, 6.07) is 7.63. The average molecular weight is 203 g/mol. The number of benzene rings is 1. The van der Waals surface area contributed by atoms with Crippen LogP contribution < -0.4 is 0 Å². The lowest BCUT2D eigenvalue weighted by atomic mass is 10.1. The highest BCUT2D eigenvalue weighted by atomic mass is 32.1. The summed E-state index contributed by atoms with van der Waals surface area (Å²) >= 11 is 3.76. The van der Waals surface area contributed by atoms with Crippen LogP contribution >= 0.6 is 12.6 Å². The number of H-pyrrole nitrogens is 1. The highest BCUT2D eigenvalue weighted by molar-refractivity contribution is 7.97. The third kappa shape index (κ3) is 1.46. The zero-order valence-electron chi connectivity index (χ0n) is 7.45. The molecular weight excluding hydrogens is 194 g/mol. The van der Waals surface area contributed by atoms with E-state index in [-0.39, 0.29) is 5.12 Å². The smallest absolute Gasteiger partial charge is 0.232 e. The van der Waals surface area contributed by atoms with Gasteiger partial charge >= 0.3 is 0 Å². The van der Waals surface area contributed by atoms with Crippen molar-refractivity contribution in [2.45, 2.75) is 0 Å². The van der Waals surface area contributed by atoms with Crippen molar-refractivity contribution in [2.24, 2.45) is 0 Å². The van der Waals surface area contributed by atoms with Crippen LogP contribution in [0.5, 0.6) is 0 Å². The van der Waals surface area contributed by atoms with Crippen LogP contribution in [0, 0.1) is 0 Å². The number of nitrogens with one attached hydrogen (secondary N) is 1. The van der Waals surface area contributed by atoms with Crippen LogP contribution in [-0.4, -0.2) is 10.1 Å². The SMILES string of the molecule is C=Cc1ccc2[nH]c(C(=O)S)cc2c1. The molecule has 0 aliphatic carbocycles. The summed E-state index contributed by atoms with van der Waals surface area (Å²) < 4.78 is 0. The van der Waals surface area contributed by atoms with Gasteiger partial charge in [-0.1, -0.05) is 31.4 Å². The van der Waals surface area contributed by atoms with Gasteiger partial charge in [0.2, 0.25) is 5.12 Å². The van der Waals surface area contributed by atoms with E-state index in [0.717, 1.165) is 16.5 Å². The van der Waals surface area contributed by atoms with E-state index >= 15 is 0 Å². The quantitative estimate of drug-likeness (QED) is 0.723. The number of hydrogen-bond donors (Lipinski definition) is 2. The molecule has 0 saturated heterocycles. The molecule has 0 bridgehead atoms. The van der Waals surface area contributed by atoms with Gasteiger partial charge in [-0.3, -0.25) is 4.79 Å². The van der Waals surface area contributed by atoms with Gasteiger partial charge < -0.3 is 4.98 Å². The molecule has 0 atom stereocenters. The van der Waals surface area contributed by atoms with Crippen LogP contribution in [0.2, 0.25) is 0 Å². The molecule has 2 rings (SSSR count). The number of aromatic amines is 1. The molecule has 2 nitrogen and oxygen atoms in total. The van der Waals surface area contributed by atoms with Crippen LogP contribution in [0.25, 0.3) is 17.0 Å². The Kier molecular flexibility index (Phi) is 2.17. The summed E-state index contributed by atoms with van der Waals surface area (Å²) in [5, 5.41) is 0.751. The number of rotatable bonds is 2. The molecule has 1 heterocycles. The first-order chi connectivity index (χ1) is 6.70. The Morgan fingerprint density at radius 1 is 1.43 bits per heavy atom. The predicted octanol–water partition coefficient (Wildman–Crippen LogP) is 2.88. The summed E-state index contributed by atoms with van der Waals surface area (Å²) in [5.74, 6) is 0. The molecule has 1 aromatic heterocycles. The maximum atomic E-state index is 11.0. The summed E-state index contributed by atoms with van der Waals surface area (Å²) in [7, 11) is 0. The van der Waals surface area contributed by atoms with Gasteiger partial charge in [0.15, 0.2) is 0 Å². The van der Waals surface area contributed by atoms with Crippen molar-refractivity contribution in [3.63, 3.8) is 0 Å². The maximum absolute atomic E-state index is 11.0. The number of aromatic nitrogens is 1. The van der Waals surface area contributed by atoms with Crippen LogP contribution in [0.3, 0.4) is 0 Å². The van der Waals surface area contributed by atoms with E-state index in [9.17, 15) is 4.79 Å². The minimum Gasteiger partial charge on any atom is -0.351 e. The van der Waals surface area contributed by atoms with Crippen molar-refractivity contribution >= 4 is 34.7 Å². The van der Waals surface area contributed by atoms with Gasteiger partial charge in [-0.15, -0.1) is 0 Å². The molecule has 0 amide bonds. The molecule has 70 valence electrons. The fourth-order valence-electron chi connectivity index (χ4n) is 1.39. The fraction of sp³-hybridized carbons (Fsp3) is 0. The first-order valence-electron chi connectivity index (χ1n) is 4.19. The van der Waals surface area contributed by atoms with E-state index in [1.54, 1.807) is 12.1 Å². The number of hydrogen-bond acceptors (Lipinski definition) is 1. The lowest BCUT2D eigenvalue weighted by Crippen LogP contribution is -1.86. The highest BCUT2D eigenvalue weighted by Gasteiger charge is 2.04. The first-order valence-corrected chi connectivity index (χ1v) is 4.64. The van der Waals surface area contributed by atoms with Crippen LogP contribution in [0.4, 0.5) is 0 Å². The molecule has 0 saturated carbocycles. The van der Waals surface area contributed by atoms with Gasteiger partial charge in [0.1, 0.15) is 0 Å². The fourth-order valence-corrected chi connectivity index (χ4v) is 1.51. The topological polar surface area (TPSA) is 32.9 Å². The minimum atomic E-state index is -0.249. The van der Waals surface area contributed by atoms with Crippen molar-refractivity contribution in [1.29, 1.82) is 0 Å². The lowest BCUT2D eigenvalue weighted by molar-refractivity contribution is 0.108. The van der Waals surface area contributed by atoms with E-state index in [2.05, 4.69) is 24.2 Å². The molecule has 0 aliphatic rings. The van der Waals surface area contributed by atoms with Crippen molar-refractivity contribution in [2.75, 3.05) is 0 Å². The van der Waals surface area contributed by atoms with Crippen LogP contribution in [0.15, 0.2) is 30.8 Å². The number of carbonyl (C=O) groups is 1. The second-order valence-electron chi connectivity index (χ2n) is 3.04. The molecule has 1 aromatic carbocycles. The van der Waals surface area contributed by atoms with Crippen LogP contribution in [-0.2, 0) is 0 Å². The van der Waals surface area contributed by atoms with E-state index < -0.39 is 0 Å². The number of fused-ring (bicyclic) bond motifs is 1. The molecule has 2 aromatic rings. The summed E-state index contributed by atoms with van der Waals surface area (Å²) in [6.45, 7) is 3.69. The molecular formula is C11H9NOS. The van der Waals surface area contributed by atoms with E-state index in [0.29, 0.717) is 5.69 Å². The standard InChI is InChI=1S/C11H9NOS/c1-2-7-3-4-9-8(5-7)6-10(12-9)11(13)14/h2-6,12H,1H2,(H,13,14). The Morgan fingerprint density at radius 3 is 2.86 bits per heavy atom. The highest BCUT2D eigenvalue weighted by Crippen LogP contribution is 2.18. The molecule has 3 heteroatoms.